The third kappa shape index (κ3) is 4.80. The first-order chi connectivity index (χ1) is 15.5. The third-order valence-corrected chi connectivity index (χ3v) is 6.91. The maximum absolute atomic E-state index is 13.6. The third-order valence-electron chi connectivity index (χ3n) is 5.89. The molecule has 0 bridgehead atoms. The molecule has 3 aromatic rings. The molecule has 168 valence electrons. The molecule has 1 aromatic carbocycles. The van der Waals surface area contributed by atoms with Crippen LogP contribution >= 0.6 is 11.3 Å². The summed E-state index contributed by atoms with van der Waals surface area (Å²) >= 11 is 1.45. The van der Waals surface area contributed by atoms with Crippen molar-refractivity contribution in [2.45, 2.75) is 46.1 Å². The van der Waals surface area contributed by atoms with Crippen LogP contribution in [-0.4, -0.2) is 45.0 Å². The molecule has 1 amide bonds. The number of benzene rings is 1. The molecule has 8 heteroatoms. The van der Waals surface area contributed by atoms with E-state index in [2.05, 4.69) is 21.9 Å². The number of amides is 1. The van der Waals surface area contributed by atoms with E-state index < -0.39 is 0 Å². The van der Waals surface area contributed by atoms with Gasteiger partial charge in [0.1, 0.15) is 18.1 Å². The second-order valence-electron chi connectivity index (χ2n) is 8.14. The van der Waals surface area contributed by atoms with Gasteiger partial charge < -0.3 is 9.64 Å². The minimum atomic E-state index is -0.306. The second-order valence-corrected chi connectivity index (χ2v) is 9.34. The van der Waals surface area contributed by atoms with Crippen LogP contribution in [0, 0.1) is 18.7 Å². The number of ether oxygens (including phenoxy) is 1. The molecule has 0 aliphatic carbocycles. The number of thiazole rings is 1. The van der Waals surface area contributed by atoms with Gasteiger partial charge in [0.05, 0.1) is 15.9 Å². The largest absolute Gasteiger partial charge is 0.461 e. The number of halogens is 1. The molecule has 2 aromatic heterocycles. The van der Waals surface area contributed by atoms with Crippen molar-refractivity contribution in [3.05, 3.63) is 58.7 Å². The first kappa shape index (κ1) is 22.3. The van der Waals surface area contributed by atoms with Crippen LogP contribution in [0.5, 0.6) is 6.01 Å². The lowest BCUT2D eigenvalue weighted by Crippen LogP contribution is -2.50. The SMILES string of the molecule is CCc1cnc(OC[C@H]2[C@@H](C)CCCN2C(=O)c2nc(C)sc2-c2ccc(F)cc2)nc1. The minimum Gasteiger partial charge on any atom is -0.461 e. The van der Waals surface area contributed by atoms with Gasteiger partial charge in [-0.2, -0.15) is 0 Å². The summed E-state index contributed by atoms with van der Waals surface area (Å²) in [6.07, 6.45) is 6.35. The lowest BCUT2D eigenvalue weighted by atomic mass is 9.91. The molecule has 0 saturated carbocycles. The van der Waals surface area contributed by atoms with Crippen LogP contribution in [0.2, 0.25) is 0 Å². The molecule has 3 heterocycles. The molecule has 6 nitrogen and oxygen atoms in total. The van der Waals surface area contributed by atoms with E-state index in [4.69, 9.17) is 4.74 Å². The summed E-state index contributed by atoms with van der Waals surface area (Å²) in [4.78, 5) is 29.4. The number of aromatic nitrogens is 3. The summed E-state index contributed by atoms with van der Waals surface area (Å²) in [6.45, 7) is 7.04. The highest BCUT2D eigenvalue weighted by molar-refractivity contribution is 7.15. The van der Waals surface area contributed by atoms with Gasteiger partial charge in [-0.25, -0.2) is 19.3 Å². The Morgan fingerprint density at radius 1 is 1.25 bits per heavy atom. The zero-order valence-electron chi connectivity index (χ0n) is 18.5. The topological polar surface area (TPSA) is 68.2 Å². The number of hydrogen-bond acceptors (Lipinski definition) is 6. The fraction of sp³-hybridized carbons (Fsp3) is 0.417. The maximum atomic E-state index is 13.6. The van der Waals surface area contributed by atoms with Gasteiger partial charge in [-0.1, -0.05) is 26.0 Å². The zero-order valence-corrected chi connectivity index (χ0v) is 19.4. The Kier molecular flexibility index (Phi) is 6.79. The van der Waals surface area contributed by atoms with E-state index in [9.17, 15) is 9.18 Å². The van der Waals surface area contributed by atoms with Gasteiger partial charge in [0.15, 0.2) is 0 Å². The molecular formula is C24H27FN4O2S. The van der Waals surface area contributed by atoms with Gasteiger partial charge in [0.2, 0.25) is 0 Å². The number of hydrogen-bond donors (Lipinski definition) is 0. The summed E-state index contributed by atoms with van der Waals surface area (Å²) in [5, 5.41) is 0.801. The highest BCUT2D eigenvalue weighted by atomic mass is 32.1. The van der Waals surface area contributed by atoms with Crippen LogP contribution in [0.15, 0.2) is 36.7 Å². The molecular weight excluding hydrogens is 427 g/mol. The van der Waals surface area contributed by atoms with E-state index in [1.807, 2.05) is 18.7 Å². The standard InChI is InChI=1S/C24H27FN4O2S/c1-4-17-12-26-24(27-13-17)31-14-20-15(2)6-5-11-29(20)23(30)21-22(32-16(3)28-21)18-7-9-19(25)10-8-18/h7-10,12-13,15,20H,4-6,11,14H2,1-3H3/t15-,20-/m0/s1. The maximum Gasteiger partial charge on any atom is 0.316 e. The van der Waals surface area contributed by atoms with Crippen LogP contribution in [0.25, 0.3) is 10.4 Å². The summed E-state index contributed by atoms with van der Waals surface area (Å²) in [5.41, 5.74) is 2.26. The monoisotopic (exact) mass is 454 g/mol. The van der Waals surface area contributed by atoms with E-state index in [1.54, 1.807) is 24.5 Å². The Morgan fingerprint density at radius 3 is 2.66 bits per heavy atom. The van der Waals surface area contributed by atoms with Gasteiger partial charge in [0.25, 0.3) is 5.91 Å². The van der Waals surface area contributed by atoms with Crippen LogP contribution in [0.1, 0.15) is 47.7 Å². The van der Waals surface area contributed by atoms with Crippen molar-refractivity contribution in [2.75, 3.05) is 13.2 Å². The van der Waals surface area contributed by atoms with Crippen LogP contribution in [-0.2, 0) is 6.42 Å². The van der Waals surface area contributed by atoms with E-state index in [0.29, 0.717) is 24.9 Å². The van der Waals surface area contributed by atoms with E-state index >= 15 is 0 Å². The molecule has 0 N–H and O–H groups in total. The first-order valence-corrected chi connectivity index (χ1v) is 11.8. The number of carbonyl (C=O) groups excluding carboxylic acids is 1. The van der Waals surface area contributed by atoms with Crippen molar-refractivity contribution in [3.63, 3.8) is 0 Å². The van der Waals surface area contributed by atoms with Crippen molar-refractivity contribution in [2.24, 2.45) is 5.92 Å². The van der Waals surface area contributed by atoms with Crippen molar-refractivity contribution < 1.29 is 13.9 Å². The van der Waals surface area contributed by atoms with Gasteiger partial charge in [-0.3, -0.25) is 4.79 Å². The molecule has 32 heavy (non-hydrogen) atoms. The zero-order chi connectivity index (χ0) is 22.7. The molecule has 0 unspecified atom stereocenters. The number of piperidine rings is 1. The molecule has 1 aliphatic rings. The Hall–Kier alpha value is -2.87. The molecule has 0 radical (unpaired) electrons. The normalized spacial score (nSPS) is 18.6. The quantitative estimate of drug-likeness (QED) is 0.528. The molecule has 1 fully saturated rings. The van der Waals surface area contributed by atoms with Gasteiger partial charge in [-0.05, 0) is 55.4 Å². The predicted octanol–water partition coefficient (Wildman–Crippen LogP) is 4.93. The highest BCUT2D eigenvalue weighted by Gasteiger charge is 2.35. The van der Waals surface area contributed by atoms with Crippen molar-refractivity contribution in [1.82, 2.24) is 19.9 Å². The Balaban J connectivity index is 1.56. The number of nitrogens with zero attached hydrogens (tertiary/aromatic N) is 4. The number of rotatable bonds is 6. The Labute approximate surface area is 191 Å². The first-order valence-electron chi connectivity index (χ1n) is 10.9. The lowest BCUT2D eigenvalue weighted by molar-refractivity contribution is 0.0377. The smallest absolute Gasteiger partial charge is 0.316 e. The fourth-order valence-corrected chi connectivity index (χ4v) is 4.94. The van der Waals surface area contributed by atoms with Gasteiger partial charge in [0, 0.05) is 18.9 Å². The number of aryl methyl sites for hydroxylation is 2. The van der Waals surface area contributed by atoms with Crippen molar-refractivity contribution >= 4 is 17.2 Å². The number of likely N-dealkylation sites (tertiary alicyclic amines) is 1. The molecule has 1 saturated heterocycles. The second kappa shape index (κ2) is 9.73. The summed E-state index contributed by atoms with van der Waals surface area (Å²) in [7, 11) is 0. The molecule has 1 aliphatic heterocycles. The Morgan fingerprint density at radius 2 is 1.97 bits per heavy atom. The summed E-state index contributed by atoms with van der Waals surface area (Å²) in [5.74, 6) is -0.146. The van der Waals surface area contributed by atoms with Gasteiger partial charge >= 0.3 is 6.01 Å². The lowest BCUT2D eigenvalue weighted by Gasteiger charge is -2.39. The predicted molar refractivity (Wildman–Crippen MR) is 122 cm³/mol. The summed E-state index contributed by atoms with van der Waals surface area (Å²) in [6, 6.07) is 6.41. The summed E-state index contributed by atoms with van der Waals surface area (Å²) < 4.78 is 19.3. The van der Waals surface area contributed by atoms with E-state index in [1.165, 1.54) is 23.5 Å². The minimum absolute atomic E-state index is 0.103. The molecule has 2 atom stereocenters. The fourth-order valence-electron chi connectivity index (χ4n) is 4.02. The van der Waals surface area contributed by atoms with Crippen molar-refractivity contribution in [1.29, 1.82) is 0 Å². The highest BCUT2D eigenvalue weighted by Crippen LogP contribution is 2.33. The van der Waals surface area contributed by atoms with Crippen LogP contribution in [0.3, 0.4) is 0 Å². The van der Waals surface area contributed by atoms with E-state index in [0.717, 1.165) is 40.3 Å². The van der Waals surface area contributed by atoms with Gasteiger partial charge in [-0.15, -0.1) is 11.3 Å². The average Bonchev–Trinajstić information content (AvgIpc) is 3.20. The Bertz CT molecular complexity index is 1070. The average molecular weight is 455 g/mol. The van der Waals surface area contributed by atoms with Crippen LogP contribution < -0.4 is 4.74 Å². The molecule has 0 spiro atoms. The van der Waals surface area contributed by atoms with Crippen LogP contribution in [0.4, 0.5) is 4.39 Å². The molecule has 4 rings (SSSR count). The number of carbonyl (C=O) groups is 1. The van der Waals surface area contributed by atoms with Crippen molar-refractivity contribution in [3.8, 4) is 16.5 Å². The van der Waals surface area contributed by atoms with E-state index in [-0.39, 0.29) is 23.7 Å².